The maximum absolute atomic E-state index is 13.4. The van der Waals surface area contributed by atoms with Crippen LogP contribution in [0.4, 0.5) is 10.3 Å². The lowest BCUT2D eigenvalue weighted by atomic mass is 10.1. The van der Waals surface area contributed by atoms with Crippen molar-refractivity contribution in [1.29, 1.82) is 0 Å². The molecule has 0 aliphatic heterocycles. The Balaban J connectivity index is 1.81. The number of aromatic nitrogens is 5. The zero-order valence-corrected chi connectivity index (χ0v) is 21.1. The average Bonchev–Trinajstić information content (AvgIpc) is 3.48. The number of benzene rings is 1. The summed E-state index contributed by atoms with van der Waals surface area (Å²) in [4.78, 5) is 7.84. The number of hydrogen-bond donors (Lipinski definition) is 1. The molecular formula is C23H25FN6O5S. The number of ether oxygens (including phenoxy) is 2. The van der Waals surface area contributed by atoms with Gasteiger partial charge in [-0.05, 0) is 38.1 Å². The number of hydrogen-bond acceptors (Lipinski definition) is 9. The van der Waals surface area contributed by atoms with Gasteiger partial charge in [-0.15, -0.1) is 10.2 Å². The van der Waals surface area contributed by atoms with Gasteiger partial charge in [-0.25, -0.2) is 22.8 Å². The molecule has 0 saturated carbocycles. The van der Waals surface area contributed by atoms with Gasteiger partial charge in [0.1, 0.15) is 28.8 Å². The molecule has 0 saturated heterocycles. The van der Waals surface area contributed by atoms with Gasteiger partial charge in [0, 0.05) is 5.92 Å². The highest BCUT2D eigenvalue weighted by Crippen LogP contribution is 2.38. The van der Waals surface area contributed by atoms with Crippen molar-refractivity contribution >= 4 is 16.0 Å². The van der Waals surface area contributed by atoms with Crippen molar-refractivity contribution in [2.75, 3.05) is 18.9 Å². The number of nitrogens with one attached hydrogen (secondary N) is 1. The Bertz CT molecular complexity index is 1450. The van der Waals surface area contributed by atoms with Crippen LogP contribution in [-0.2, 0) is 10.0 Å². The molecule has 0 amide bonds. The van der Waals surface area contributed by atoms with E-state index in [0.29, 0.717) is 28.7 Å². The van der Waals surface area contributed by atoms with Crippen molar-refractivity contribution < 1.29 is 26.7 Å². The van der Waals surface area contributed by atoms with Gasteiger partial charge in [0.25, 0.3) is 0 Å². The molecule has 1 aromatic carbocycles. The topological polar surface area (TPSA) is 134 Å². The van der Waals surface area contributed by atoms with Crippen molar-refractivity contribution in [2.24, 2.45) is 0 Å². The summed E-state index contributed by atoms with van der Waals surface area (Å²) in [7, 11) is -1.10. The Kier molecular flexibility index (Phi) is 6.93. The lowest BCUT2D eigenvalue weighted by Crippen LogP contribution is -2.31. The number of methoxy groups -OCH3 is 2. The summed E-state index contributed by atoms with van der Waals surface area (Å²) in [6.45, 7) is 4.92. The van der Waals surface area contributed by atoms with E-state index < -0.39 is 27.0 Å². The molecule has 0 bridgehead atoms. The summed E-state index contributed by atoms with van der Waals surface area (Å²) in [6, 6.07) is 8.59. The summed E-state index contributed by atoms with van der Waals surface area (Å²) in [5.74, 6) is 0.808. The van der Waals surface area contributed by atoms with Gasteiger partial charge in [0.15, 0.2) is 11.6 Å². The quantitative estimate of drug-likeness (QED) is 0.353. The van der Waals surface area contributed by atoms with E-state index in [4.69, 9.17) is 13.9 Å². The van der Waals surface area contributed by atoms with Gasteiger partial charge in [0.05, 0.1) is 31.9 Å². The first kappa shape index (κ1) is 25.1. The van der Waals surface area contributed by atoms with E-state index in [9.17, 15) is 12.8 Å². The molecule has 2 atom stereocenters. The third kappa shape index (κ3) is 4.73. The second kappa shape index (κ2) is 9.93. The molecule has 0 aliphatic rings. The maximum Gasteiger partial charge on any atom is 0.243 e. The SMILES string of the molecule is COc1cccc(OC)c1-n1c(NS(=O)(=O)[C@@H](C)[C@H](C)c2ncc(F)cn2)nnc1-c1ccc(C)o1. The largest absolute Gasteiger partial charge is 0.494 e. The summed E-state index contributed by atoms with van der Waals surface area (Å²) < 4.78 is 60.9. The molecule has 190 valence electrons. The van der Waals surface area contributed by atoms with Crippen LogP contribution in [0.15, 0.2) is 47.1 Å². The Morgan fingerprint density at radius 3 is 2.22 bits per heavy atom. The first-order valence-electron chi connectivity index (χ1n) is 10.9. The second-order valence-electron chi connectivity index (χ2n) is 8.00. The van der Waals surface area contributed by atoms with Crippen LogP contribution in [0.5, 0.6) is 11.5 Å². The molecule has 0 spiro atoms. The van der Waals surface area contributed by atoms with Crippen molar-refractivity contribution in [3.05, 3.63) is 60.1 Å². The van der Waals surface area contributed by atoms with Crippen molar-refractivity contribution in [3.63, 3.8) is 0 Å². The van der Waals surface area contributed by atoms with Crippen LogP contribution in [0.2, 0.25) is 0 Å². The van der Waals surface area contributed by atoms with Gasteiger partial charge in [-0.3, -0.25) is 9.29 Å². The van der Waals surface area contributed by atoms with Gasteiger partial charge in [-0.2, -0.15) is 0 Å². The Morgan fingerprint density at radius 1 is 1.03 bits per heavy atom. The number of aryl methyl sites for hydroxylation is 1. The molecule has 11 nitrogen and oxygen atoms in total. The number of halogens is 1. The maximum atomic E-state index is 13.4. The zero-order valence-electron chi connectivity index (χ0n) is 20.3. The summed E-state index contributed by atoms with van der Waals surface area (Å²) in [6.07, 6.45) is 1.99. The lowest BCUT2D eigenvalue weighted by Gasteiger charge is -2.21. The highest BCUT2D eigenvalue weighted by molar-refractivity contribution is 7.93. The molecular weight excluding hydrogens is 491 g/mol. The third-order valence-electron chi connectivity index (χ3n) is 5.72. The normalized spacial score (nSPS) is 13.3. The standard InChI is InChI=1S/C23H25FN6O5S/c1-13-9-10-19(35-13)22-27-28-23(30(22)20-17(33-4)7-6-8-18(20)34-5)29-36(31,32)15(3)14(2)21-25-11-16(24)12-26-21/h6-12,14-15H,1-5H3,(H,28,29)/t14-,15-/m0/s1. The molecule has 0 fully saturated rings. The molecule has 4 rings (SSSR count). The van der Waals surface area contributed by atoms with Crippen LogP contribution in [0.3, 0.4) is 0 Å². The molecule has 3 aromatic heterocycles. The summed E-state index contributed by atoms with van der Waals surface area (Å²) in [5, 5.41) is 7.30. The van der Waals surface area contributed by atoms with Crippen molar-refractivity contribution in [2.45, 2.75) is 31.9 Å². The molecule has 0 aliphatic carbocycles. The van der Waals surface area contributed by atoms with E-state index in [0.717, 1.165) is 12.4 Å². The number of para-hydroxylation sites is 1. The van der Waals surface area contributed by atoms with Crippen LogP contribution in [0.1, 0.15) is 31.4 Å². The summed E-state index contributed by atoms with van der Waals surface area (Å²) >= 11 is 0. The van der Waals surface area contributed by atoms with E-state index in [1.807, 2.05) is 0 Å². The first-order valence-corrected chi connectivity index (χ1v) is 12.4. The van der Waals surface area contributed by atoms with E-state index in [-0.39, 0.29) is 17.6 Å². The predicted octanol–water partition coefficient (Wildman–Crippen LogP) is 3.72. The Hall–Kier alpha value is -4.00. The zero-order chi connectivity index (χ0) is 26.0. The second-order valence-corrected chi connectivity index (χ2v) is 10.0. The van der Waals surface area contributed by atoms with E-state index in [1.165, 1.54) is 25.7 Å². The highest BCUT2D eigenvalue weighted by atomic mass is 32.2. The minimum absolute atomic E-state index is 0.110. The van der Waals surface area contributed by atoms with Crippen LogP contribution in [0.25, 0.3) is 17.3 Å². The number of anilines is 1. The molecule has 3 heterocycles. The van der Waals surface area contributed by atoms with Crippen LogP contribution >= 0.6 is 0 Å². The molecule has 0 unspecified atom stereocenters. The highest BCUT2D eigenvalue weighted by Gasteiger charge is 2.32. The number of sulfonamides is 1. The Morgan fingerprint density at radius 2 is 1.67 bits per heavy atom. The van der Waals surface area contributed by atoms with Gasteiger partial charge >= 0.3 is 0 Å². The minimum Gasteiger partial charge on any atom is -0.494 e. The first-order chi connectivity index (χ1) is 17.2. The fourth-order valence-electron chi connectivity index (χ4n) is 3.58. The molecule has 4 aromatic rings. The van der Waals surface area contributed by atoms with Crippen molar-refractivity contribution in [3.8, 4) is 28.8 Å². The monoisotopic (exact) mass is 516 g/mol. The van der Waals surface area contributed by atoms with Crippen molar-refractivity contribution in [1.82, 2.24) is 24.7 Å². The minimum atomic E-state index is -4.06. The average molecular weight is 517 g/mol. The fourth-order valence-corrected chi connectivity index (χ4v) is 4.82. The third-order valence-corrected chi connectivity index (χ3v) is 7.58. The predicted molar refractivity (Wildman–Crippen MR) is 129 cm³/mol. The number of nitrogens with zero attached hydrogens (tertiary/aromatic N) is 5. The molecule has 0 radical (unpaired) electrons. The molecule has 36 heavy (non-hydrogen) atoms. The smallest absolute Gasteiger partial charge is 0.243 e. The van der Waals surface area contributed by atoms with Gasteiger partial charge in [-0.1, -0.05) is 13.0 Å². The van der Waals surface area contributed by atoms with Crippen LogP contribution < -0.4 is 14.2 Å². The number of furan rings is 1. The molecule has 1 N–H and O–H groups in total. The van der Waals surface area contributed by atoms with Gasteiger partial charge < -0.3 is 13.9 Å². The van der Waals surface area contributed by atoms with E-state index in [1.54, 1.807) is 44.2 Å². The summed E-state index contributed by atoms with van der Waals surface area (Å²) in [5.41, 5.74) is 0.372. The Labute approximate surface area is 207 Å². The lowest BCUT2D eigenvalue weighted by molar-refractivity contribution is 0.391. The molecule has 13 heteroatoms. The van der Waals surface area contributed by atoms with Crippen LogP contribution in [-0.4, -0.2) is 52.6 Å². The van der Waals surface area contributed by atoms with Gasteiger partial charge in [0.2, 0.25) is 21.8 Å². The fraction of sp³-hybridized carbons (Fsp3) is 0.304. The van der Waals surface area contributed by atoms with Crippen LogP contribution in [0, 0.1) is 12.7 Å². The van der Waals surface area contributed by atoms with E-state index in [2.05, 4.69) is 24.9 Å². The number of rotatable bonds is 9. The van der Waals surface area contributed by atoms with E-state index >= 15 is 0 Å².